The highest BCUT2D eigenvalue weighted by Crippen LogP contribution is 2.47. The zero-order valence-corrected chi connectivity index (χ0v) is 19.2. The van der Waals surface area contributed by atoms with Crippen LogP contribution in [0.2, 0.25) is 5.02 Å². The zero-order chi connectivity index (χ0) is 22.8. The number of carbonyl (C=O) groups excluding carboxylic acids is 2. The summed E-state index contributed by atoms with van der Waals surface area (Å²) in [5, 5.41) is 3.88. The molecular formula is C27H28ClNO3. The fourth-order valence-electron chi connectivity index (χ4n) is 4.69. The van der Waals surface area contributed by atoms with Crippen molar-refractivity contribution in [3.63, 3.8) is 0 Å². The maximum atomic E-state index is 13.5. The van der Waals surface area contributed by atoms with Gasteiger partial charge in [-0.15, -0.1) is 0 Å². The van der Waals surface area contributed by atoms with Crippen molar-refractivity contribution in [3.05, 3.63) is 94.3 Å². The van der Waals surface area contributed by atoms with Crippen molar-refractivity contribution in [3.8, 4) is 0 Å². The Hall–Kier alpha value is -2.85. The second kappa shape index (κ2) is 9.33. The molecule has 1 aliphatic carbocycles. The van der Waals surface area contributed by atoms with E-state index in [0.29, 0.717) is 35.7 Å². The molecule has 0 fully saturated rings. The van der Waals surface area contributed by atoms with Gasteiger partial charge in [-0.3, -0.25) is 9.59 Å². The second-order valence-corrected chi connectivity index (χ2v) is 9.45. The third-order valence-electron chi connectivity index (χ3n) is 6.13. The first-order valence-electron chi connectivity index (χ1n) is 11.0. The third kappa shape index (κ3) is 4.51. The Morgan fingerprint density at radius 1 is 1.12 bits per heavy atom. The van der Waals surface area contributed by atoms with Crippen LogP contribution in [0.4, 0.5) is 0 Å². The molecule has 0 radical (unpaired) electrons. The van der Waals surface area contributed by atoms with E-state index in [1.54, 1.807) is 6.07 Å². The third-order valence-corrected chi connectivity index (χ3v) is 6.37. The normalized spacial score (nSPS) is 23.1. The molecule has 3 atom stereocenters. The fourth-order valence-corrected chi connectivity index (χ4v) is 4.89. The number of rotatable bonds is 5. The second-order valence-electron chi connectivity index (χ2n) is 9.02. The molecule has 1 heterocycles. The van der Waals surface area contributed by atoms with E-state index in [-0.39, 0.29) is 23.6 Å². The number of ether oxygens (including phenoxy) is 1. The maximum absolute atomic E-state index is 13.5. The lowest BCUT2D eigenvalue weighted by Crippen LogP contribution is -2.42. The predicted molar refractivity (Wildman–Crippen MR) is 126 cm³/mol. The van der Waals surface area contributed by atoms with E-state index in [1.807, 2.05) is 50.2 Å². The first-order valence-corrected chi connectivity index (χ1v) is 11.4. The summed E-state index contributed by atoms with van der Waals surface area (Å²) in [6, 6.07) is 17.5. The molecule has 4 rings (SSSR count). The summed E-state index contributed by atoms with van der Waals surface area (Å²) < 4.78 is 5.59. The highest BCUT2D eigenvalue weighted by molar-refractivity contribution is 6.30. The smallest absolute Gasteiger partial charge is 0.315 e. The van der Waals surface area contributed by atoms with E-state index >= 15 is 0 Å². The Morgan fingerprint density at radius 2 is 1.84 bits per heavy atom. The van der Waals surface area contributed by atoms with Crippen LogP contribution in [-0.4, -0.2) is 18.4 Å². The minimum atomic E-state index is -0.691. The molecular weight excluding hydrogens is 422 g/mol. The Bertz CT molecular complexity index is 1070. The number of ketones is 1. The molecule has 0 amide bonds. The minimum absolute atomic E-state index is 0.0479. The molecule has 0 saturated carbocycles. The lowest BCUT2D eigenvalue weighted by atomic mass is 9.69. The number of Topliss-reactive ketones (excluding diaryl/α,β-unsaturated/α-hetero) is 1. The summed E-state index contributed by atoms with van der Waals surface area (Å²) >= 11 is 6.29. The lowest BCUT2D eigenvalue weighted by Gasteiger charge is -2.40. The van der Waals surface area contributed by atoms with Crippen molar-refractivity contribution in [1.29, 1.82) is 0 Å². The number of esters is 1. The van der Waals surface area contributed by atoms with E-state index in [2.05, 4.69) is 24.0 Å². The van der Waals surface area contributed by atoms with Gasteiger partial charge in [0.1, 0.15) is 5.92 Å². The van der Waals surface area contributed by atoms with E-state index < -0.39 is 11.8 Å². The van der Waals surface area contributed by atoms with Crippen LogP contribution in [0.15, 0.2) is 78.1 Å². The first kappa shape index (κ1) is 22.3. The standard InChI is InChI=1S/C27H28ClNO3/c1-16(2)15-32-27(31)24-17(3)29-22-13-20(18-8-5-4-6-9-18)14-23(30)26(22)25(24)19-10-7-11-21(28)12-19/h4-12,16,20,24-25,29H,3,13-15H2,1-2H3. The number of allylic oxidation sites excluding steroid dienone is 2. The Morgan fingerprint density at radius 3 is 2.53 bits per heavy atom. The van der Waals surface area contributed by atoms with Crippen LogP contribution >= 0.6 is 11.6 Å². The number of hydrogen-bond donors (Lipinski definition) is 1. The zero-order valence-electron chi connectivity index (χ0n) is 18.4. The largest absolute Gasteiger partial charge is 0.465 e. The molecule has 0 aromatic heterocycles. The van der Waals surface area contributed by atoms with Gasteiger partial charge < -0.3 is 10.1 Å². The molecule has 2 aromatic carbocycles. The fraction of sp³-hybridized carbons (Fsp3) is 0.333. The van der Waals surface area contributed by atoms with Gasteiger partial charge in [0.05, 0.1) is 6.61 Å². The van der Waals surface area contributed by atoms with E-state index in [1.165, 1.54) is 0 Å². The molecule has 3 unspecified atom stereocenters. The topological polar surface area (TPSA) is 55.4 Å². The van der Waals surface area contributed by atoms with E-state index in [9.17, 15) is 9.59 Å². The van der Waals surface area contributed by atoms with Crippen LogP contribution in [0.1, 0.15) is 49.7 Å². The number of hydrogen-bond acceptors (Lipinski definition) is 4. The van der Waals surface area contributed by atoms with Gasteiger partial charge in [-0.2, -0.15) is 0 Å². The monoisotopic (exact) mass is 449 g/mol. The predicted octanol–water partition coefficient (Wildman–Crippen LogP) is 5.76. The number of halogens is 1. The van der Waals surface area contributed by atoms with Gasteiger partial charge >= 0.3 is 5.97 Å². The van der Waals surface area contributed by atoms with Gasteiger partial charge in [0, 0.05) is 34.3 Å². The van der Waals surface area contributed by atoms with Gasteiger partial charge in [0.25, 0.3) is 0 Å². The van der Waals surface area contributed by atoms with Crippen LogP contribution < -0.4 is 5.32 Å². The summed E-state index contributed by atoms with van der Waals surface area (Å²) in [6.07, 6.45) is 1.09. The van der Waals surface area contributed by atoms with E-state index in [4.69, 9.17) is 16.3 Å². The van der Waals surface area contributed by atoms with E-state index in [0.717, 1.165) is 16.8 Å². The first-order chi connectivity index (χ1) is 15.3. The molecule has 5 heteroatoms. The summed E-state index contributed by atoms with van der Waals surface area (Å²) in [4.78, 5) is 26.7. The van der Waals surface area contributed by atoms with Crippen molar-refractivity contribution in [2.75, 3.05) is 6.61 Å². The molecule has 2 aliphatic rings. The molecule has 0 saturated heterocycles. The minimum Gasteiger partial charge on any atom is -0.465 e. The Labute approximate surface area is 194 Å². The molecule has 1 N–H and O–H groups in total. The highest BCUT2D eigenvalue weighted by atomic mass is 35.5. The SMILES string of the molecule is C=C1NC2=C(C(=O)CC(c3ccccc3)C2)C(c2cccc(Cl)c2)C1C(=O)OCC(C)C. The van der Waals surface area contributed by atoms with Gasteiger partial charge in [-0.25, -0.2) is 0 Å². The van der Waals surface area contributed by atoms with Gasteiger partial charge in [0.2, 0.25) is 0 Å². The molecule has 166 valence electrons. The number of benzene rings is 2. The maximum Gasteiger partial charge on any atom is 0.315 e. The molecule has 4 nitrogen and oxygen atoms in total. The van der Waals surface area contributed by atoms with Crippen LogP contribution in [-0.2, 0) is 14.3 Å². The van der Waals surface area contributed by atoms with Gasteiger partial charge in [0.15, 0.2) is 5.78 Å². The molecule has 2 aromatic rings. The van der Waals surface area contributed by atoms with Crippen molar-refractivity contribution in [1.82, 2.24) is 5.32 Å². The van der Waals surface area contributed by atoms with Crippen molar-refractivity contribution >= 4 is 23.4 Å². The molecule has 32 heavy (non-hydrogen) atoms. The number of carbonyl (C=O) groups is 2. The number of nitrogens with one attached hydrogen (secondary N) is 1. The molecule has 0 spiro atoms. The summed E-state index contributed by atoms with van der Waals surface area (Å²) in [5.41, 5.74) is 4.02. The average molecular weight is 450 g/mol. The highest BCUT2D eigenvalue weighted by Gasteiger charge is 2.45. The van der Waals surface area contributed by atoms with Gasteiger partial charge in [-0.1, -0.05) is 74.5 Å². The van der Waals surface area contributed by atoms with Crippen LogP contribution in [0.25, 0.3) is 0 Å². The van der Waals surface area contributed by atoms with Crippen LogP contribution in [0, 0.1) is 11.8 Å². The molecule has 0 bridgehead atoms. The quantitative estimate of drug-likeness (QED) is 0.590. The summed E-state index contributed by atoms with van der Waals surface area (Å²) in [5.74, 6) is -1.18. The summed E-state index contributed by atoms with van der Waals surface area (Å²) in [6.45, 7) is 8.47. The Balaban J connectivity index is 1.76. The van der Waals surface area contributed by atoms with Gasteiger partial charge in [-0.05, 0) is 41.5 Å². The molecule has 1 aliphatic heterocycles. The summed E-state index contributed by atoms with van der Waals surface area (Å²) in [7, 11) is 0. The van der Waals surface area contributed by atoms with Crippen molar-refractivity contribution in [2.45, 2.75) is 38.5 Å². The van der Waals surface area contributed by atoms with Crippen molar-refractivity contribution < 1.29 is 14.3 Å². The Kier molecular flexibility index (Phi) is 6.52. The average Bonchev–Trinajstić information content (AvgIpc) is 2.77. The van der Waals surface area contributed by atoms with Crippen LogP contribution in [0.5, 0.6) is 0 Å². The van der Waals surface area contributed by atoms with Crippen LogP contribution in [0.3, 0.4) is 0 Å². The van der Waals surface area contributed by atoms with Crippen molar-refractivity contribution in [2.24, 2.45) is 11.8 Å². The lowest BCUT2D eigenvalue weighted by molar-refractivity contribution is -0.149.